The minimum absolute atomic E-state index is 0.00782. The Kier molecular flexibility index (Phi) is 6.47. The highest BCUT2D eigenvalue weighted by atomic mass is 35.5. The first-order chi connectivity index (χ1) is 9.45. The van der Waals surface area contributed by atoms with Gasteiger partial charge in [0.2, 0.25) is 0 Å². The zero-order valence-electron chi connectivity index (χ0n) is 11.8. The molecule has 0 radical (unpaired) electrons. The summed E-state index contributed by atoms with van der Waals surface area (Å²) in [6.45, 7) is 5.18. The molecular weight excluding hydrogens is 284 g/mol. The predicted octanol–water partition coefficient (Wildman–Crippen LogP) is 0.480. The molecule has 0 aliphatic carbocycles. The van der Waals surface area contributed by atoms with Crippen LogP contribution in [0.15, 0.2) is 11.0 Å². The Morgan fingerprint density at radius 2 is 2.20 bits per heavy atom. The first-order valence-electron chi connectivity index (χ1n) is 6.25. The second-order valence-electron chi connectivity index (χ2n) is 4.45. The van der Waals surface area contributed by atoms with E-state index in [-0.39, 0.29) is 11.6 Å². The van der Waals surface area contributed by atoms with Crippen LogP contribution in [0.2, 0.25) is 5.02 Å². The molecule has 0 unspecified atom stereocenters. The van der Waals surface area contributed by atoms with Crippen LogP contribution in [0, 0.1) is 0 Å². The number of halogens is 1. The first-order valence-corrected chi connectivity index (χ1v) is 6.63. The van der Waals surface area contributed by atoms with Gasteiger partial charge in [-0.2, -0.15) is 5.10 Å². The van der Waals surface area contributed by atoms with Crippen molar-refractivity contribution in [2.75, 3.05) is 25.5 Å². The maximum absolute atomic E-state index is 11.9. The fraction of sp³-hybridized carbons (Fsp3) is 0.583. The molecule has 112 valence electrons. The van der Waals surface area contributed by atoms with Gasteiger partial charge in [-0.25, -0.2) is 4.68 Å². The molecule has 0 aliphatic rings. The molecule has 0 bridgehead atoms. The van der Waals surface area contributed by atoms with Crippen LogP contribution in [-0.4, -0.2) is 42.0 Å². The number of anilines is 1. The third-order valence-electron chi connectivity index (χ3n) is 2.48. The van der Waals surface area contributed by atoms with Gasteiger partial charge in [-0.05, 0) is 0 Å². The number of rotatable bonds is 7. The van der Waals surface area contributed by atoms with Crippen molar-refractivity contribution in [2.24, 2.45) is 0 Å². The maximum Gasteiger partial charge on any atom is 0.327 e. The maximum atomic E-state index is 11.9. The standard InChI is InChI=1S/C12H19ClN4O3/c1-8(2)14-4-5-15-9-6-16-17(7-10(18)20-3)12(19)11(9)13/h6,8,14-15H,4-5,7H2,1-3H3. The Bertz CT molecular complexity index is 516. The molecule has 0 saturated carbocycles. The van der Waals surface area contributed by atoms with Crippen molar-refractivity contribution in [1.29, 1.82) is 0 Å². The van der Waals surface area contributed by atoms with Crippen molar-refractivity contribution in [3.63, 3.8) is 0 Å². The van der Waals surface area contributed by atoms with Crippen LogP contribution in [0.5, 0.6) is 0 Å². The molecule has 2 N–H and O–H groups in total. The van der Waals surface area contributed by atoms with E-state index in [1.165, 1.54) is 13.3 Å². The Morgan fingerprint density at radius 3 is 2.80 bits per heavy atom. The van der Waals surface area contributed by atoms with Crippen LogP contribution in [0.4, 0.5) is 5.69 Å². The minimum Gasteiger partial charge on any atom is -0.468 e. The SMILES string of the molecule is COC(=O)Cn1ncc(NCCNC(C)C)c(Cl)c1=O. The van der Waals surface area contributed by atoms with E-state index in [0.717, 1.165) is 11.2 Å². The van der Waals surface area contributed by atoms with Crippen molar-refractivity contribution in [3.05, 3.63) is 21.6 Å². The molecule has 0 aromatic carbocycles. The van der Waals surface area contributed by atoms with Gasteiger partial charge in [0.1, 0.15) is 11.6 Å². The highest BCUT2D eigenvalue weighted by Crippen LogP contribution is 2.14. The largest absolute Gasteiger partial charge is 0.468 e. The van der Waals surface area contributed by atoms with Gasteiger partial charge in [-0.1, -0.05) is 25.4 Å². The molecule has 1 rings (SSSR count). The summed E-state index contributed by atoms with van der Waals surface area (Å²) >= 11 is 5.96. The van der Waals surface area contributed by atoms with E-state index in [2.05, 4.69) is 20.5 Å². The van der Waals surface area contributed by atoms with E-state index in [9.17, 15) is 9.59 Å². The van der Waals surface area contributed by atoms with E-state index >= 15 is 0 Å². The Labute approximate surface area is 122 Å². The number of hydrogen-bond donors (Lipinski definition) is 2. The number of ether oxygens (including phenoxy) is 1. The van der Waals surface area contributed by atoms with Crippen LogP contribution in [-0.2, 0) is 16.1 Å². The summed E-state index contributed by atoms with van der Waals surface area (Å²) in [6.07, 6.45) is 1.42. The lowest BCUT2D eigenvalue weighted by molar-refractivity contribution is -0.141. The molecular formula is C12H19ClN4O3. The van der Waals surface area contributed by atoms with Crippen molar-refractivity contribution in [1.82, 2.24) is 15.1 Å². The molecule has 0 amide bonds. The summed E-state index contributed by atoms with van der Waals surface area (Å²) in [5, 5.41) is 10.1. The van der Waals surface area contributed by atoms with Gasteiger partial charge in [0.15, 0.2) is 0 Å². The first kappa shape index (κ1) is 16.5. The Morgan fingerprint density at radius 1 is 1.50 bits per heavy atom. The zero-order chi connectivity index (χ0) is 15.1. The zero-order valence-corrected chi connectivity index (χ0v) is 12.5. The second kappa shape index (κ2) is 7.86. The van der Waals surface area contributed by atoms with E-state index in [1.807, 2.05) is 13.8 Å². The third-order valence-corrected chi connectivity index (χ3v) is 2.85. The normalized spacial score (nSPS) is 10.7. The lowest BCUT2D eigenvalue weighted by Gasteiger charge is -2.11. The summed E-state index contributed by atoms with van der Waals surface area (Å²) < 4.78 is 5.44. The summed E-state index contributed by atoms with van der Waals surface area (Å²) in [5.74, 6) is -0.558. The summed E-state index contributed by atoms with van der Waals surface area (Å²) in [6, 6.07) is 0.387. The summed E-state index contributed by atoms with van der Waals surface area (Å²) in [4.78, 5) is 23.0. The number of hydrogen-bond acceptors (Lipinski definition) is 6. The number of carbonyl (C=O) groups is 1. The van der Waals surface area contributed by atoms with Crippen molar-refractivity contribution < 1.29 is 9.53 Å². The van der Waals surface area contributed by atoms with Crippen LogP contribution in [0.25, 0.3) is 0 Å². The van der Waals surface area contributed by atoms with E-state index in [1.54, 1.807) is 0 Å². The average Bonchev–Trinajstić information content (AvgIpc) is 2.41. The van der Waals surface area contributed by atoms with E-state index < -0.39 is 11.5 Å². The molecule has 1 aromatic heterocycles. The van der Waals surface area contributed by atoms with Gasteiger partial charge in [-0.3, -0.25) is 9.59 Å². The van der Waals surface area contributed by atoms with Gasteiger partial charge >= 0.3 is 5.97 Å². The number of esters is 1. The number of aromatic nitrogens is 2. The molecule has 1 heterocycles. The summed E-state index contributed by atoms with van der Waals surface area (Å²) in [7, 11) is 1.24. The van der Waals surface area contributed by atoms with Crippen LogP contribution >= 0.6 is 11.6 Å². The van der Waals surface area contributed by atoms with E-state index in [4.69, 9.17) is 11.6 Å². The fourth-order valence-electron chi connectivity index (χ4n) is 1.45. The van der Waals surface area contributed by atoms with E-state index in [0.29, 0.717) is 18.3 Å². The highest BCUT2D eigenvalue weighted by Gasteiger charge is 2.11. The van der Waals surface area contributed by atoms with Gasteiger partial charge < -0.3 is 15.4 Å². The lowest BCUT2D eigenvalue weighted by Crippen LogP contribution is -2.30. The molecule has 0 saturated heterocycles. The third kappa shape index (κ3) is 4.82. The lowest BCUT2D eigenvalue weighted by atomic mass is 10.4. The monoisotopic (exact) mass is 302 g/mol. The van der Waals surface area contributed by atoms with Gasteiger partial charge in [0.25, 0.3) is 5.56 Å². The quantitative estimate of drug-likeness (QED) is 0.563. The van der Waals surface area contributed by atoms with Gasteiger partial charge in [0.05, 0.1) is 19.0 Å². The minimum atomic E-state index is -0.558. The molecule has 8 heteroatoms. The Balaban J connectivity index is 2.69. The van der Waals surface area contributed by atoms with Crippen molar-refractivity contribution in [2.45, 2.75) is 26.4 Å². The smallest absolute Gasteiger partial charge is 0.327 e. The summed E-state index contributed by atoms with van der Waals surface area (Å²) in [5.41, 5.74) is -0.0813. The van der Waals surface area contributed by atoms with Crippen LogP contribution in [0.3, 0.4) is 0 Å². The predicted molar refractivity (Wildman–Crippen MR) is 77.2 cm³/mol. The molecule has 0 fully saturated rings. The molecule has 0 aliphatic heterocycles. The number of carbonyl (C=O) groups excluding carboxylic acids is 1. The van der Waals surface area contributed by atoms with Gasteiger partial charge in [0, 0.05) is 19.1 Å². The highest BCUT2D eigenvalue weighted by molar-refractivity contribution is 6.32. The average molecular weight is 303 g/mol. The number of nitrogens with one attached hydrogen (secondary N) is 2. The number of methoxy groups -OCH3 is 1. The van der Waals surface area contributed by atoms with Gasteiger partial charge in [-0.15, -0.1) is 0 Å². The van der Waals surface area contributed by atoms with Crippen LogP contribution in [0.1, 0.15) is 13.8 Å². The second-order valence-corrected chi connectivity index (χ2v) is 4.82. The molecule has 1 aromatic rings. The molecule has 0 spiro atoms. The number of nitrogens with zero attached hydrogens (tertiary/aromatic N) is 2. The molecule has 0 atom stereocenters. The molecule has 20 heavy (non-hydrogen) atoms. The topological polar surface area (TPSA) is 85.2 Å². The fourth-order valence-corrected chi connectivity index (χ4v) is 1.66. The van der Waals surface area contributed by atoms with Crippen molar-refractivity contribution >= 4 is 23.3 Å². The van der Waals surface area contributed by atoms with Crippen molar-refractivity contribution in [3.8, 4) is 0 Å². The molecule has 7 nitrogen and oxygen atoms in total. The Hall–Kier alpha value is -1.60. The van der Waals surface area contributed by atoms with Crippen LogP contribution < -0.4 is 16.2 Å².